The van der Waals surface area contributed by atoms with Crippen LogP contribution in [0.4, 0.5) is 0 Å². The molecule has 1 heterocycles. The molecule has 0 spiro atoms. The van der Waals surface area contributed by atoms with Crippen molar-refractivity contribution in [2.75, 3.05) is 26.3 Å². The lowest BCUT2D eigenvalue weighted by molar-refractivity contribution is -0.0564. The summed E-state index contributed by atoms with van der Waals surface area (Å²) < 4.78 is 33.7. The number of ether oxygens (including phenoxy) is 2. The molecule has 1 aliphatic heterocycles. The summed E-state index contributed by atoms with van der Waals surface area (Å²) in [6.07, 6.45) is 0.0269. The van der Waals surface area contributed by atoms with E-state index < -0.39 is 10.0 Å². The average molecular weight is 314 g/mol. The van der Waals surface area contributed by atoms with Crippen LogP contribution in [0.3, 0.4) is 0 Å². The summed E-state index contributed by atoms with van der Waals surface area (Å²) in [7, 11) is -3.66. The lowest BCUT2D eigenvalue weighted by Gasteiger charge is -2.35. The Balaban J connectivity index is 1.88. The second-order valence-corrected chi connectivity index (χ2v) is 6.97. The third-order valence-electron chi connectivity index (χ3n) is 3.49. The molecule has 0 saturated carbocycles. The molecule has 0 amide bonds. The molecule has 7 heteroatoms. The highest BCUT2D eigenvalue weighted by Gasteiger charge is 2.22. The number of rotatable bonds is 5. The Labute approximate surface area is 125 Å². The predicted molar refractivity (Wildman–Crippen MR) is 79.8 cm³/mol. The maximum absolute atomic E-state index is 11.2. The second kappa shape index (κ2) is 6.74. The van der Waals surface area contributed by atoms with Gasteiger partial charge in [-0.15, -0.1) is 0 Å². The maximum Gasteiger partial charge on any atom is 0.238 e. The van der Waals surface area contributed by atoms with E-state index in [1.165, 1.54) is 12.1 Å². The first-order valence-corrected chi connectivity index (χ1v) is 8.52. The standard InChI is InChI=1S/C14H22N2O4S/c1-11(2)16-7-8-19-13(9-16)10-20-12-3-5-14(6-4-12)21(15,17)18/h3-6,11,13H,7-10H2,1-2H3,(H2,15,17,18). The summed E-state index contributed by atoms with van der Waals surface area (Å²) in [6.45, 7) is 7.25. The number of hydrogen-bond donors (Lipinski definition) is 1. The van der Waals surface area contributed by atoms with E-state index in [-0.39, 0.29) is 11.0 Å². The van der Waals surface area contributed by atoms with Crippen molar-refractivity contribution in [2.45, 2.75) is 30.9 Å². The van der Waals surface area contributed by atoms with Gasteiger partial charge in [-0.3, -0.25) is 4.90 Å². The summed E-state index contributed by atoms with van der Waals surface area (Å²) in [5.41, 5.74) is 0. The predicted octanol–water partition coefficient (Wildman–Crippen LogP) is 0.822. The van der Waals surface area contributed by atoms with Crippen molar-refractivity contribution >= 4 is 10.0 Å². The highest BCUT2D eigenvalue weighted by Crippen LogP contribution is 2.16. The zero-order chi connectivity index (χ0) is 15.5. The van der Waals surface area contributed by atoms with Crippen LogP contribution in [0, 0.1) is 0 Å². The molecular weight excluding hydrogens is 292 g/mol. The molecule has 21 heavy (non-hydrogen) atoms. The Bertz CT molecular complexity index is 557. The van der Waals surface area contributed by atoms with Gasteiger partial charge in [0.15, 0.2) is 0 Å². The van der Waals surface area contributed by atoms with Crippen LogP contribution >= 0.6 is 0 Å². The van der Waals surface area contributed by atoms with Crippen LogP contribution in [0.15, 0.2) is 29.2 Å². The van der Waals surface area contributed by atoms with Gasteiger partial charge in [0.1, 0.15) is 18.5 Å². The van der Waals surface area contributed by atoms with Crippen LogP contribution in [-0.4, -0.2) is 51.8 Å². The second-order valence-electron chi connectivity index (χ2n) is 5.41. The SMILES string of the molecule is CC(C)N1CCOC(COc2ccc(S(N)(=O)=O)cc2)C1. The Hall–Kier alpha value is -1.15. The van der Waals surface area contributed by atoms with Crippen LogP contribution in [0.2, 0.25) is 0 Å². The van der Waals surface area contributed by atoms with Gasteiger partial charge in [0.25, 0.3) is 0 Å². The van der Waals surface area contributed by atoms with Crippen LogP contribution < -0.4 is 9.88 Å². The summed E-state index contributed by atoms with van der Waals surface area (Å²) in [6, 6.07) is 6.57. The van der Waals surface area contributed by atoms with Crippen molar-refractivity contribution in [3.8, 4) is 5.75 Å². The summed E-state index contributed by atoms with van der Waals surface area (Å²) in [4.78, 5) is 2.43. The van der Waals surface area contributed by atoms with Crippen molar-refractivity contribution in [1.82, 2.24) is 4.90 Å². The highest BCUT2D eigenvalue weighted by atomic mass is 32.2. The van der Waals surface area contributed by atoms with Crippen LogP contribution in [-0.2, 0) is 14.8 Å². The molecule has 1 aliphatic rings. The minimum atomic E-state index is -3.66. The lowest BCUT2D eigenvalue weighted by Crippen LogP contribution is -2.47. The first-order valence-electron chi connectivity index (χ1n) is 6.97. The average Bonchev–Trinajstić information content (AvgIpc) is 2.45. The van der Waals surface area contributed by atoms with Gasteiger partial charge in [-0.25, -0.2) is 13.6 Å². The van der Waals surface area contributed by atoms with Gasteiger partial charge >= 0.3 is 0 Å². The van der Waals surface area contributed by atoms with Gasteiger partial charge in [0, 0.05) is 19.1 Å². The fourth-order valence-electron chi connectivity index (χ4n) is 2.23. The third-order valence-corrected chi connectivity index (χ3v) is 4.42. The quantitative estimate of drug-likeness (QED) is 0.870. The van der Waals surface area contributed by atoms with Gasteiger partial charge < -0.3 is 9.47 Å². The van der Waals surface area contributed by atoms with Gasteiger partial charge in [-0.1, -0.05) is 0 Å². The molecule has 0 radical (unpaired) electrons. The Morgan fingerprint density at radius 1 is 1.38 bits per heavy atom. The first-order chi connectivity index (χ1) is 9.86. The van der Waals surface area contributed by atoms with E-state index in [2.05, 4.69) is 18.7 Å². The molecule has 1 unspecified atom stereocenters. The van der Waals surface area contributed by atoms with Crippen molar-refractivity contribution in [3.05, 3.63) is 24.3 Å². The molecule has 2 rings (SSSR count). The molecule has 1 atom stereocenters. The Kier molecular flexibility index (Phi) is 5.21. The fourth-order valence-corrected chi connectivity index (χ4v) is 2.74. The number of primary sulfonamides is 1. The third kappa shape index (κ3) is 4.67. The topological polar surface area (TPSA) is 81.9 Å². The minimum absolute atomic E-state index is 0.0269. The summed E-state index contributed by atoms with van der Waals surface area (Å²) >= 11 is 0. The Morgan fingerprint density at radius 2 is 2.05 bits per heavy atom. The molecule has 6 nitrogen and oxygen atoms in total. The van der Waals surface area contributed by atoms with Crippen LogP contribution in [0.25, 0.3) is 0 Å². The van der Waals surface area contributed by atoms with Crippen molar-refractivity contribution in [1.29, 1.82) is 0 Å². The fraction of sp³-hybridized carbons (Fsp3) is 0.571. The molecule has 1 aromatic rings. The number of sulfonamides is 1. The highest BCUT2D eigenvalue weighted by molar-refractivity contribution is 7.89. The van der Waals surface area contributed by atoms with Crippen LogP contribution in [0.5, 0.6) is 5.75 Å². The lowest BCUT2D eigenvalue weighted by atomic mass is 10.2. The van der Waals surface area contributed by atoms with Gasteiger partial charge in [0.05, 0.1) is 11.5 Å². The molecular formula is C14H22N2O4S. The summed E-state index contributed by atoms with van der Waals surface area (Å²) in [5.74, 6) is 0.604. The molecule has 1 fully saturated rings. The van der Waals surface area contributed by atoms with Crippen molar-refractivity contribution in [3.63, 3.8) is 0 Å². The van der Waals surface area contributed by atoms with E-state index in [4.69, 9.17) is 14.6 Å². The molecule has 1 saturated heterocycles. The monoisotopic (exact) mass is 314 g/mol. The maximum atomic E-state index is 11.2. The summed E-state index contributed by atoms with van der Waals surface area (Å²) in [5, 5.41) is 5.05. The smallest absolute Gasteiger partial charge is 0.238 e. The number of nitrogens with zero attached hydrogens (tertiary/aromatic N) is 1. The minimum Gasteiger partial charge on any atom is -0.491 e. The number of morpholine rings is 1. The Morgan fingerprint density at radius 3 is 2.62 bits per heavy atom. The van der Waals surface area contributed by atoms with E-state index in [0.717, 1.165) is 13.1 Å². The molecule has 2 N–H and O–H groups in total. The molecule has 118 valence electrons. The van der Waals surface area contributed by atoms with Gasteiger partial charge in [0.2, 0.25) is 10.0 Å². The first kappa shape index (κ1) is 16.2. The van der Waals surface area contributed by atoms with E-state index in [1.54, 1.807) is 12.1 Å². The van der Waals surface area contributed by atoms with E-state index in [1.807, 2.05) is 0 Å². The van der Waals surface area contributed by atoms with E-state index in [9.17, 15) is 8.42 Å². The number of hydrogen-bond acceptors (Lipinski definition) is 5. The number of benzene rings is 1. The van der Waals surface area contributed by atoms with Crippen molar-refractivity contribution < 1.29 is 17.9 Å². The molecule has 0 aliphatic carbocycles. The molecule has 1 aromatic carbocycles. The van der Waals surface area contributed by atoms with Gasteiger partial charge in [-0.05, 0) is 38.1 Å². The van der Waals surface area contributed by atoms with E-state index >= 15 is 0 Å². The van der Waals surface area contributed by atoms with Gasteiger partial charge in [-0.2, -0.15) is 0 Å². The molecule has 0 aromatic heterocycles. The largest absolute Gasteiger partial charge is 0.491 e. The van der Waals surface area contributed by atoms with E-state index in [0.29, 0.717) is 25.0 Å². The van der Waals surface area contributed by atoms with Crippen molar-refractivity contribution in [2.24, 2.45) is 5.14 Å². The zero-order valence-corrected chi connectivity index (χ0v) is 13.2. The molecule has 0 bridgehead atoms. The zero-order valence-electron chi connectivity index (χ0n) is 12.4. The normalized spacial score (nSPS) is 20.7. The number of nitrogens with two attached hydrogens (primary N) is 1. The van der Waals surface area contributed by atoms with Crippen LogP contribution in [0.1, 0.15) is 13.8 Å².